The third kappa shape index (κ3) is 3.14. The standard InChI is InChI=1S/C14H10BrF2NO2/c15-11-5-6-12(16)10(13(11)17)7-20-9-3-1-8(2-4-9)14(18)19/h1-6H,7H2,(H2,18,19). The third-order valence-corrected chi connectivity index (χ3v) is 3.27. The number of carbonyl (C=O) groups excluding carboxylic acids is 1. The molecule has 20 heavy (non-hydrogen) atoms. The summed E-state index contributed by atoms with van der Waals surface area (Å²) in [6, 6.07) is 8.41. The van der Waals surface area contributed by atoms with Crippen LogP contribution >= 0.6 is 15.9 Å². The first kappa shape index (κ1) is 14.5. The van der Waals surface area contributed by atoms with Crippen molar-refractivity contribution >= 4 is 21.8 Å². The van der Waals surface area contributed by atoms with Crippen LogP contribution < -0.4 is 10.5 Å². The number of nitrogens with two attached hydrogens (primary N) is 1. The van der Waals surface area contributed by atoms with Crippen molar-refractivity contribution in [2.45, 2.75) is 6.61 Å². The minimum Gasteiger partial charge on any atom is -0.489 e. The van der Waals surface area contributed by atoms with E-state index in [-0.39, 0.29) is 16.6 Å². The molecule has 0 radical (unpaired) electrons. The van der Waals surface area contributed by atoms with Crippen molar-refractivity contribution in [1.29, 1.82) is 0 Å². The van der Waals surface area contributed by atoms with Gasteiger partial charge in [0.05, 0.1) is 10.0 Å². The predicted molar refractivity (Wildman–Crippen MR) is 73.3 cm³/mol. The number of ether oxygens (including phenoxy) is 1. The average Bonchev–Trinajstić information content (AvgIpc) is 2.43. The van der Waals surface area contributed by atoms with Gasteiger partial charge in [-0.05, 0) is 52.3 Å². The molecule has 0 fully saturated rings. The molecule has 0 aliphatic rings. The van der Waals surface area contributed by atoms with Gasteiger partial charge in [-0.2, -0.15) is 0 Å². The smallest absolute Gasteiger partial charge is 0.248 e. The normalized spacial score (nSPS) is 10.3. The fourth-order valence-electron chi connectivity index (χ4n) is 1.57. The number of hydrogen-bond acceptors (Lipinski definition) is 2. The van der Waals surface area contributed by atoms with Gasteiger partial charge in [-0.15, -0.1) is 0 Å². The third-order valence-electron chi connectivity index (χ3n) is 2.66. The molecule has 0 saturated heterocycles. The van der Waals surface area contributed by atoms with Crippen LogP contribution in [-0.4, -0.2) is 5.91 Å². The second-order valence-corrected chi connectivity index (χ2v) is 4.85. The van der Waals surface area contributed by atoms with E-state index in [1.54, 1.807) is 0 Å². The van der Waals surface area contributed by atoms with Crippen LogP contribution in [0.25, 0.3) is 0 Å². The number of amides is 1. The molecule has 2 N–H and O–H groups in total. The summed E-state index contributed by atoms with van der Waals surface area (Å²) in [7, 11) is 0. The molecule has 0 aliphatic carbocycles. The maximum atomic E-state index is 13.7. The summed E-state index contributed by atoms with van der Waals surface area (Å²) in [6.45, 7) is -0.257. The molecule has 0 aromatic heterocycles. The van der Waals surface area contributed by atoms with Gasteiger partial charge in [0, 0.05) is 5.56 Å². The number of benzene rings is 2. The molecule has 1 amide bonds. The fourth-order valence-corrected chi connectivity index (χ4v) is 1.94. The van der Waals surface area contributed by atoms with Crippen LogP contribution in [0.15, 0.2) is 40.9 Å². The maximum Gasteiger partial charge on any atom is 0.248 e. The molecule has 0 unspecified atom stereocenters. The van der Waals surface area contributed by atoms with Gasteiger partial charge in [-0.3, -0.25) is 4.79 Å². The predicted octanol–water partition coefficient (Wildman–Crippen LogP) is 3.41. The minimum atomic E-state index is -0.696. The van der Waals surface area contributed by atoms with Crippen LogP contribution in [0.4, 0.5) is 8.78 Å². The quantitative estimate of drug-likeness (QED) is 0.866. The molecule has 0 bridgehead atoms. The summed E-state index contributed by atoms with van der Waals surface area (Å²) >= 11 is 2.98. The maximum absolute atomic E-state index is 13.7. The molecule has 0 saturated carbocycles. The van der Waals surface area contributed by atoms with Crippen molar-refractivity contribution in [3.63, 3.8) is 0 Å². The molecule has 2 rings (SSSR count). The fraction of sp³-hybridized carbons (Fsp3) is 0.0714. The van der Waals surface area contributed by atoms with Gasteiger partial charge >= 0.3 is 0 Å². The van der Waals surface area contributed by atoms with Gasteiger partial charge in [-0.25, -0.2) is 8.78 Å². The van der Waals surface area contributed by atoms with Gasteiger partial charge < -0.3 is 10.5 Å². The Hall–Kier alpha value is -1.95. The van der Waals surface area contributed by atoms with Crippen molar-refractivity contribution in [1.82, 2.24) is 0 Å². The first-order chi connectivity index (χ1) is 9.49. The second-order valence-electron chi connectivity index (χ2n) is 4.00. The van der Waals surface area contributed by atoms with E-state index >= 15 is 0 Å². The first-order valence-electron chi connectivity index (χ1n) is 5.64. The highest BCUT2D eigenvalue weighted by atomic mass is 79.9. The Morgan fingerprint density at radius 3 is 2.40 bits per heavy atom. The van der Waals surface area contributed by atoms with Crippen molar-refractivity contribution in [2.75, 3.05) is 0 Å². The van der Waals surface area contributed by atoms with Crippen LogP contribution in [0.3, 0.4) is 0 Å². The topological polar surface area (TPSA) is 52.3 Å². The zero-order valence-electron chi connectivity index (χ0n) is 10.2. The lowest BCUT2D eigenvalue weighted by Crippen LogP contribution is -2.10. The van der Waals surface area contributed by atoms with E-state index < -0.39 is 17.5 Å². The van der Waals surface area contributed by atoms with Crippen LogP contribution in [0, 0.1) is 11.6 Å². The van der Waals surface area contributed by atoms with Crippen LogP contribution in [-0.2, 0) is 6.61 Å². The molecule has 104 valence electrons. The summed E-state index contributed by atoms with van der Waals surface area (Å²) in [4.78, 5) is 10.9. The summed E-state index contributed by atoms with van der Waals surface area (Å²) in [5.41, 5.74) is 5.26. The van der Waals surface area contributed by atoms with Crippen molar-refractivity contribution in [3.8, 4) is 5.75 Å². The molecule has 0 heterocycles. The van der Waals surface area contributed by atoms with E-state index in [4.69, 9.17) is 10.5 Å². The Bertz CT molecular complexity index is 644. The van der Waals surface area contributed by atoms with Gasteiger partial charge in [-0.1, -0.05) is 0 Å². The van der Waals surface area contributed by atoms with Crippen LogP contribution in [0.1, 0.15) is 15.9 Å². The number of hydrogen-bond donors (Lipinski definition) is 1. The summed E-state index contributed by atoms with van der Waals surface area (Å²) in [5, 5.41) is 0. The summed E-state index contributed by atoms with van der Waals surface area (Å²) < 4.78 is 32.7. The molecule has 0 atom stereocenters. The van der Waals surface area contributed by atoms with E-state index in [9.17, 15) is 13.6 Å². The highest BCUT2D eigenvalue weighted by Gasteiger charge is 2.13. The van der Waals surface area contributed by atoms with Gasteiger partial charge in [0.2, 0.25) is 5.91 Å². The SMILES string of the molecule is NC(=O)c1ccc(OCc2c(F)ccc(Br)c2F)cc1. The molecule has 6 heteroatoms. The Kier molecular flexibility index (Phi) is 4.34. The second kappa shape index (κ2) is 6.00. The Labute approximate surface area is 122 Å². The van der Waals surface area contributed by atoms with E-state index in [0.29, 0.717) is 11.3 Å². The molecule has 3 nitrogen and oxygen atoms in total. The summed E-state index contributed by atoms with van der Waals surface area (Å²) in [6.07, 6.45) is 0. The van der Waals surface area contributed by atoms with Crippen molar-refractivity contribution in [2.24, 2.45) is 5.73 Å². The highest BCUT2D eigenvalue weighted by Crippen LogP contribution is 2.23. The average molecular weight is 342 g/mol. The minimum absolute atomic E-state index is 0.168. The molecular formula is C14H10BrF2NO2. The number of carbonyl (C=O) groups is 1. The lowest BCUT2D eigenvalue weighted by atomic mass is 10.2. The molecular weight excluding hydrogens is 332 g/mol. The van der Waals surface area contributed by atoms with Gasteiger partial charge in [0.15, 0.2) is 0 Å². The summed E-state index contributed by atoms with van der Waals surface area (Å²) in [5.74, 6) is -1.55. The first-order valence-corrected chi connectivity index (χ1v) is 6.43. The lowest BCUT2D eigenvalue weighted by molar-refractivity contribution is 0.100. The molecule has 2 aromatic rings. The molecule has 0 aliphatic heterocycles. The van der Waals surface area contributed by atoms with Crippen molar-refractivity contribution in [3.05, 3.63) is 63.6 Å². The van der Waals surface area contributed by atoms with Crippen molar-refractivity contribution < 1.29 is 18.3 Å². The number of primary amides is 1. The van der Waals surface area contributed by atoms with Gasteiger partial charge in [0.25, 0.3) is 0 Å². The van der Waals surface area contributed by atoms with E-state index in [2.05, 4.69) is 15.9 Å². The largest absolute Gasteiger partial charge is 0.489 e. The molecule has 0 spiro atoms. The van der Waals surface area contributed by atoms with E-state index in [0.717, 1.165) is 6.07 Å². The van der Waals surface area contributed by atoms with Gasteiger partial charge in [0.1, 0.15) is 24.0 Å². The van der Waals surface area contributed by atoms with E-state index in [1.807, 2.05) is 0 Å². The lowest BCUT2D eigenvalue weighted by Gasteiger charge is -2.09. The highest BCUT2D eigenvalue weighted by molar-refractivity contribution is 9.10. The zero-order chi connectivity index (χ0) is 14.7. The number of rotatable bonds is 4. The Balaban J connectivity index is 2.13. The number of halogens is 3. The van der Waals surface area contributed by atoms with Crippen LogP contribution in [0.5, 0.6) is 5.75 Å². The molecule has 2 aromatic carbocycles. The van der Waals surface area contributed by atoms with E-state index in [1.165, 1.54) is 30.3 Å². The Morgan fingerprint density at radius 2 is 1.80 bits per heavy atom. The monoisotopic (exact) mass is 341 g/mol. The zero-order valence-corrected chi connectivity index (χ0v) is 11.8. The van der Waals surface area contributed by atoms with Crippen LogP contribution in [0.2, 0.25) is 0 Å². The Morgan fingerprint density at radius 1 is 1.15 bits per heavy atom.